The first kappa shape index (κ1) is 13.3. The highest BCUT2D eigenvalue weighted by molar-refractivity contribution is 9.10. The minimum Gasteiger partial charge on any atom is -0.478 e. The molecule has 0 atom stereocenters. The lowest BCUT2D eigenvalue weighted by Gasteiger charge is -2.05. The van der Waals surface area contributed by atoms with Gasteiger partial charge < -0.3 is 14.8 Å². The minimum atomic E-state index is -1.21. The molecule has 0 bridgehead atoms. The van der Waals surface area contributed by atoms with Crippen molar-refractivity contribution < 1.29 is 23.5 Å². The van der Waals surface area contributed by atoms with Crippen molar-refractivity contribution in [2.45, 2.75) is 0 Å². The predicted octanol–water partition coefficient (Wildman–Crippen LogP) is 3.13. The summed E-state index contributed by atoms with van der Waals surface area (Å²) in [4.78, 5) is 22.5. The number of halogens is 2. The highest BCUT2D eigenvalue weighted by Gasteiger charge is 2.14. The SMILES string of the molecule is O=C(O)c1ccc(F)c(NC(=O)c2ccc(Br)o2)c1. The highest BCUT2D eigenvalue weighted by atomic mass is 79.9. The Labute approximate surface area is 115 Å². The lowest BCUT2D eigenvalue weighted by atomic mass is 10.2. The van der Waals surface area contributed by atoms with Crippen LogP contribution >= 0.6 is 15.9 Å². The van der Waals surface area contributed by atoms with E-state index in [4.69, 9.17) is 9.52 Å². The lowest BCUT2D eigenvalue weighted by Crippen LogP contribution is -2.13. The number of aromatic carboxylic acids is 1. The maximum Gasteiger partial charge on any atom is 0.335 e. The predicted molar refractivity (Wildman–Crippen MR) is 67.7 cm³/mol. The summed E-state index contributed by atoms with van der Waals surface area (Å²) < 4.78 is 18.8. The van der Waals surface area contributed by atoms with Crippen LogP contribution in [0, 0.1) is 5.82 Å². The number of carbonyl (C=O) groups is 2. The second kappa shape index (κ2) is 5.23. The number of carbonyl (C=O) groups excluding carboxylic acids is 1. The standard InChI is InChI=1S/C12H7BrFNO4/c13-10-4-3-9(19-10)11(16)15-8-5-6(12(17)18)1-2-7(8)14/h1-5H,(H,15,16)(H,17,18). The third-order valence-electron chi connectivity index (χ3n) is 2.26. The second-order valence-electron chi connectivity index (χ2n) is 3.56. The van der Waals surface area contributed by atoms with Gasteiger partial charge in [-0.3, -0.25) is 4.79 Å². The molecular weight excluding hydrogens is 321 g/mol. The molecule has 2 N–H and O–H groups in total. The monoisotopic (exact) mass is 327 g/mol. The van der Waals surface area contributed by atoms with Gasteiger partial charge in [0, 0.05) is 0 Å². The molecule has 0 spiro atoms. The molecule has 0 aliphatic rings. The van der Waals surface area contributed by atoms with Gasteiger partial charge in [-0.2, -0.15) is 0 Å². The first-order valence-corrected chi connectivity index (χ1v) is 5.86. The van der Waals surface area contributed by atoms with E-state index in [1.165, 1.54) is 12.1 Å². The Hall–Kier alpha value is -2.15. The van der Waals surface area contributed by atoms with Crippen LogP contribution in [0.4, 0.5) is 10.1 Å². The molecule has 2 rings (SSSR count). The molecule has 98 valence electrons. The highest BCUT2D eigenvalue weighted by Crippen LogP contribution is 2.19. The molecule has 1 amide bonds. The number of furan rings is 1. The van der Waals surface area contributed by atoms with Gasteiger partial charge in [0.25, 0.3) is 5.91 Å². The molecule has 5 nitrogen and oxygen atoms in total. The molecule has 0 aliphatic heterocycles. The molecule has 1 aromatic heterocycles. The molecule has 0 fully saturated rings. The van der Waals surface area contributed by atoms with E-state index in [9.17, 15) is 14.0 Å². The number of carboxylic acids is 1. The van der Waals surface area contributed by atoms with E-state index in [-0.39, 0.29) is 17.0 Å². The smallest absolute Gasteiger partial charge is 0.335 e. The summed E-state index contributed by atoms with van der Waals surface area (Å²) in [6.07, 6.45) is 0. The van der Waals surface area contributed by atoms with E-state index < -0.39 is 17.7 Å². The van der Waals surface area contributed by atoms with Crippen molar-refractivity contribution in [3.05, 3.63) is 52.1 Å². The first-order valence-electron chi connectivity index (χ1n) is 5.07. The Bertz CT molecular complexity index is 653. The zero-order valence-corrected chi connectivity index (χ0v) is 10.9. The van der Waals surface area contributed by atoms with Gasteiger partial charge in [0.05, 0.1) is 11.3 Å². The maximum atomic E-state index is 13.5. The summed E-state index contributed by atoms with van der Waals surface area (Å²) in [5, 5.41) is 11.0. The van der Waals surface area contributed by atoms with E-state index in [1.54, 1.807) is 0 Å². The number of carboxylic acid groups (broad SMARTS) is 1. The average molecular weight is 328 g/mol. The van der Waals surface area contributed by atoms with Crippen LogP contribution < -0.4 is 5.32 Å². The van der Waals surface area contributed by atoms with Crippen molar-refractivity contribution in [3.63, 3.8) is 0 Å². The molecule has 0 aliphatic carbocycles. The van der Waals surface area contributed by atoms with E-state index in [1.807, 2.05) is 0 Å². The number of hydrogen-bond donors (Lipinski definition) is 2. The number of nitrogens with one attached hydrogen (secondary N) is 1. The van der Waals surface area contributed by atoms with Crippen LogP contribution in [0.1, 0.15) is 20.9 Å². The van der Waals surface area contributed by atoms with Gasteiger partial charge in [0.15, 0.2) is 10.4 Å². The number of benzene rings is 1. The Balaban J connectivity index is 2.25. The fourth-order valence-electron chi connectivity index (χ4n) is 1.37. The van der Waals surface area contributed by atoms with Crippen LogP contribution in [0.25, 0.3) is 0 Å². The van der Waals surface area contributed by atoms with Gasteiger partial charge in [-0.25, -0.2) is 9.18 Å². The van der Waals surface area contributed by atoms with Gasteiger partial charge in [0.1, 0.15) is 5.82 Å². The molecule has 1 heterocycles. The Morgan fingerprint density at radius 1 is 1.26 bits per heavy atom. The van der Waals surface area contributed by atoms with Gasteiger partial charge in [0.2, 0.25) is 0 Å². The zero-order valence-electron chi connectivity index (χ0n) is 9.31. The molecule has 0 unspecified atom stereocenters. The number of amides is 1. The van der Waals surface area contributed by atoms with Crippen LogP contribution in [0.5, 0.6) is 0 Å². The molecule has 19 heavy (non-hydrogen) atoms. The van der Waals surface area contributed by atoms with Crippen molar-refractivity contribution >= 4 is 33.5 Å². The average Bonchev–Trinajstić information content (AvgIpc) is 2.78. The third kappa shape index (κ3) is 3.00. The zero-order chi connectivity index (χ0) is 14.0. The number of anilines is 1. The number of hydrogen-bond acceptors (Lipinski definition) is 3. The fourth-order valence-corrected chi connectivity index (χ4v) is 1.68. The van der Waals surface area contributed by atoms with Crippen molar-refractivity contribution in [2.24, 2.45) is 0 Å². The maximum absolute atomic E-state index is 13.5. The van der Waals surface area contributed by atoms with Gasteiger partial charge >= 0.3 is 5.97 Å². The van der Waals surface area contributed by atoms with Crippen LogP contribution in [0.3, 0.4) is 0 Å². The van der Waals surface area contributed by atoms with Crippen LogP contribution in [0.15, 0.2) is 39.4 Å². The minimum absolute atomic E-state index is 0.0213. The van der Waals surface area contributed by atoms with Gasteiger partial charge in [-0.05, 0) is 46.3 Å². The fraction of sp³-hybridized carbons (Fsp3) is 0. The molecular formula is C12H7BrFNO4. The topological polar surface area (TPSA) is 79.5 Å². The Morgan fingerprint density at radius 3 is 2.58 bits per heavy atom. The molecule has 0 radical (unpaired) electrons. The summed E-state index contributed by atoms with van der Waals surface area (Å²) in [5.41, 5.74) is -0.352. The normalized spacial score (nSPS) is 10.2. The van der Waals surface area contributed by atoms with Crippen LogP contribution in [0.2, 0.25) is 0 Å². The van der Waals surface area contributed by atoms with Gasteiger partial charge in [-0.1, -0.05) is 0 Å². The molecule has 7 heteroatoms. The summed E-state index contributed by atoms with van der Waals surface area (Å²) in [5.74, 6) is -2.64. The summed E-state index contributed by atoms with van der Waals surface area (Å²) in [6.45, 7) is 0. The molecule has 2 aromatic rings. The van der Waals surface area contributed by atoms with Crippen molar-refractivity contribution in [2.75, 3.05) is 5.32 Å². The summed E-state index contributed by atoms with van der Waals surface area (Å²) in [7, 11) is 0. The van der Waals surface area contributed by atoms with Crippen molar-refractivity contribution in [1.82, 2.24) is 0 Å². The van der Waals surface area contributed by atoms with Crippen molar-refractivity contribution in [1.29, 1.82) is 0 Å². The van der Waals surface area contributed by atoms with Crippen LogP contribution in [-0.2, 0) is 0 Å². The van der Waals surface area contributed by atoms with Gasteiger partial charge in [-0.15, -0.1) is 0 Å². The molecule has 0 saturated heterocycles. The number of rotatable bonds is 3. The van der Waals surface area contributed by atoms with Crippen LogP contribution in [-0.4, -0.2) is 17.0 Å². The Morgan fingerprint density at radius 2 is 2.00 bits per heavy atom. The van der Waals surface area contributed by atoms with Crippen molar-refractivity contribution in [3.8, 4) is 0 Å². The van der Waals surface area contributed by atoms with E-state index in [0.717, 1.165) is 18.2 Å². The quantitative estimate of drug-likeness (QED) is 0.907. The first-order chi connectivity index (χ1) is 8.97. The molecule has 0 saturated carbocycles. The largest absolute Gasteiger partial charge is 0.478 e. The van der Waals surface area contributed by atoms with E-state index >= 15 is 0 Å². The second-order valence-corrected chi connectivity index (χ2v) is 4.34. The molecule has 1 aromatic carbocycles. The Kier molecular flexibility index (Phi) is 3.66. The third-order valence-corrected chi connectivity index (χ3v) is 2.68. The van der Waals surface area contributed by atoms with E-state index in [2.05, 4.69) is 21.2 Å². The summed E-state index contributed by atoms with van der Waals surface area (Å²) in [6, 6.07) is 6.03. The van der Waals surface area contributed by atoms with E-state index in [0.29, 0.717) is 4.67 Å². The lowest BCUT2D eigenvalue weighted by molar-refractivity contribution is 0.0696. The summed E-state index contributed by atoms with van der Waals surface area (Å²) >= 11 is 3.03.